The fourth-order valence-electron chi connectivity index (χ4n) is 3.05. The molecule has 0 spiro atoms. The van der Waals surface area contributed by atoms with E-state index in [0.29, 0.717) is 5.75 Å². The number of hydrogen-bond donors (Lipinski definition) is 3. The van der Waals surface area contributed by atoms with Crippen molar-refractivity contribution in [2.24, 2.45) is 5.10 Å². The number of nitrogens with zero attached hydrogens (tertiary/aromatic N) is 1. The van der Waals surface area contributed by atoms with Gasteiger partial charge in [-0.25, -0.2) is 5.43 Å². The molecule has 0 aromatic heterocycles. The zero-order valence-corrected chi connectivity index (χ0v) is 17.1. The first-order valence-electron chi connectivity index (χ1n) is 10.1. The van der Waals surface area contributed by atoms with Gasteiger partial charge < -0.3 is 15.4 Å². The quantitative estimate of drug-likeness (QED) is 0.333. The van der Waals surface area contributed by atoms with Crippen LogP contribution in [-0.2, 0) is 14.4 Å². The highest BCUT2D eigenvalue weighted by Gasteiger charge is 2.15. The lowest BCUT2D eigenvalue weighted by atomic mass is 9.95. The minimum Gasteiger partial charge on any atom is -0.484 e. The molecule has 0 unspecified atom stereocenters. The summed E-state index contributed by atoms with van der Waals surface area (Å²) in [5, 5.41) is 9.48. The summed E-state index contributed by atoms with van der Waals surface area (Å²) < 4.78 is 5.51. The van der Waals surface area contributed by atoms with Crippen LogP contribution in [0.1, 0.15) is 57.9 Å². The van der Waals surface area contributed by atoms with Crippen molar-refractivity contribution < 1.29 is 19.1 Å². The number of carbonyl (C=O) groups is 3. The normalized spacial score (nSPS) is 14.6. The average Bonchev–Trinajstić information content (AvgIpc) is 2.67. The van der Waals surface area contributed by atoms with E-state index < -0.39 is 5.91 Å². The van der Waals surface area contributed by atoms with Crippen LogP contribution in [0.15, 0.2) is 29.4 Å². The van der Waals surface area contributed by atoms with Gasteiger partial charge in [0.1, 0.15) is 12.2 Å². The van der Waals surface area contributed by atoms with Gasteiger partial charge in [0.05, 0.1) is 6.21 Å². The molecule has 2 rings (SSSR count). The van der Waals surface area contributed by atoms with Crippen LogP contribution in [-0.4, -0.2) is 42.6 Å². The largest absolute Gasteiger partial charge is 0.484 e. The number of rotatable bonds is 9. The molecule has 29 heavy (non-hydrogen) atoms. The molecule has 8 nitrogen and oxygen atoms in total. The fourth-order valence-corrected chi connectivity index (χ4v) is 3.05. The lowest BCUT2D eigenvalue weighted by Gasteiger charge is -2.22. The number of nitrogens with one attached hydrogen (secondary N) is 3. The minimum absolute atomic E-state index is 0.0154. The van der Waals surface area contributed by atoms with Crippen LogP contribution in [0.2, 0.25) is 0 Å². The fraction of sp³-hybridized carbons (Fsp3) is 0.524. The maximum Gasteiger partial charge on any atom is 0.258 e. The van der Waals surface area contributed by atoms with Crippen molar-refractivity contribution in [3.8, 4) is 5.75 Å². The van der Waals surface area contributed by atoms with E-state index in [0.717, 1.165) is 18.4 Å². The van der Waals surface area contributed by atoms with E-state index in [1.807, 2.05) is 13.8 Å². The van der Waals surface area contributed by atoms with Crippen molar-refractivity contribution in [1.82, 2.24) is 16.1 Å². The number of hydrogen-bond acceptors (Lipinski definition) is 5. The summed E-state index contributed by atoms with van der Waals surface area (Å²) >= 11 is 0. The van der Waals surface area contributed by atoms with Crippen molar-refractivity contribution in [3.63, 3.8) is 0 Å². The summed E-state index contributed by atoms with van der Waals surface area (Å²) in [6.07, 6.45) is 6.86. The lowest BCUT2D eigenvalue weighted by molar-refractivity contribution is -0.129. The van der Waals surface area contributed by atoms with Crippen LogP contribution < -0.4 is 20.8 Å². The topological polar surface area (TPSA) is 109 Å². The standard InChI is InChI=1S/C21H30N4O4/c1-15(2)23-19(26)12-20(27)25-22-13-16-8-10-18(11-9-16)29-14-21(28)24-17-6-4-3-5-7-17/h8-11,13,15,17H,3-7,12,14H2,1-2H3,(H,23,26)(H,24,28)(H,25,27)/b22-13+. The van der Waals surface area contributed by atoms with Crippen LogP contribution in [0.4, 0.5) is 0 Å². The first-order valence-corrected chi connectivity index (χ1v) is 10.1. The van der Waals surface area contributed by atoms with Gasteiger partial charge in [0.15, 0.2) is 6.61 Å². The van der Waals surface area contributed by atoms with E-state index >= 15 is 0 Å². The molecule has 1 aromatic rings. The first-order chi connectivity index (χ1) is 13.9. The van der Waals surface area contributed by atoms with Gasteiger partial charge in [-0.15, -0.1) is 0 Å². The van der Waals surface area contributed by atoms with Crippen LogP contribution in [0, 0.1) is 0 Å². The Hall–Kier alpha value is -2.90. The summed E-state index contributed by atoms with van der Waals surface area (Å²) in [5.41, 5.74) is 3.06. The molecule has 158 valence electrons. The molecule has 0 radical (unpaired) electrons. The molecule has 0 heterocycles. The number of carbonyl (C=O) groups excluding carboxylic acids is 3. The molecular formula is C21H30N4O4. The van der Waals surface area contributed by atoms with Crippen molar-refractivity contribution in [2.75, 3.05) is 6.61 Å². The minimum atomic E-state index is -0.483. The molecule has 3 amide bonds. The first kappa shape index (κ1) is 22.4. The Balaban J connectivity index is 1.69. The number of hydrazone groups is 1. The third kappa shape index (κ3) is 9.23. The summed E-state index contributed by atoms with van der Waals surface area (Å²) in [6.45, 7) is 3.63. The molecule has 1 saturated carbocycles. The summed E-state index contributed by atoms with van der Waals surface area (Å²) in [5.74, 6) is -0.354. The van der Waals surface area contributed by atoms with E-state index in [1.54, 1.807) is 24.3 Å². The van der Waals surface area contributed by atoms with Gasteiger partial charge >= 0.3 is 0 Å². The Labute approximate surface area is 171 Å². The third-order valence-corrected chi connectivity index (χ3v) is 4.39. The van der Waals surface area contributed by atoms with Gasteiger partial charge in [0.2, 0.25) is 11.8 Å². The summed E-state index contributed by atoms with van der Waals surface area (Å²) in [7, 11) is 0. The molecule has 1 fully saturated rings. The molecule has 0 saturated heterocycles. The highest BCUT2D eigenvalue weighted by Crippen LogP contribution is 2.17. The molecule has 0 atom stereocenters. The van der Waals surface area contributed by atoms with Crippen LogP contribution in [0.25, 0.3) is 0 Å². The predicted molar refractivity (Wildman–Crippen MR) is 111 cm³/mol. The Morgan fingerprint density at radius 3 is 2.41 bits per heavy atom. The van der Waals surface area contributed by atoms with E-state index in [2.05, 4.69) is 21.2 Å². The second-order valence-corrected chi connectivity index (χ2v) is 7.45. The van der Waals surface area contributed by atoms with Gasteiger partial charge in [0, 0.05) is 12.1 Å². The molecule has 0 bridgehead atoms. The van der Waals surface area contributed by atoms with Crippen LogP contribution in [0.5, 0.6) is 5.75 Å². The molecule has 3 N–H and O–H groups in total. The van der Waals surface area contributed by atoms with Gasteiger partial charge in [-0.2, -0.15) is 5.10 Å². The Morgan fingerprint density at radius 1 is 1.07 bits per heavy atom. The predicted octanol–water partition coefficient (Wildman–Crippen LogP) is 1.88. The second kappa shape index (κ2) is 11.8. The van der Waals surface area contributed by atoms with E-state index in [1.165, 1.54) is 25.5 Å². The van der Waals surface area contributed by atoms with Crippen LogP contribution in [0.3, 0.4) is 0 Å². The van der Waals surface area contributed by atoms with Crippen molar-refractivity contribution in [3.05, 3.63) is 29.8 Å². The smallest absolute Gasteiger partial charge is 0.258 e. The van der Waals surface area contributed by atoms with Gasteiger partial charge in [-0.05, 0) is 56.5 Å². The molecule has 1 aromatic carbocycles. The van der Waals surface area contributed by atoms with E-state index in [-0.39, 0.29) is 36.9 Å². The van der Waals surface area contributed by atoms with Crippen molar-refractivity contribution >= 4 is 23.9 Å². The average molecular weight is 402 g/mol. The van der Waals surface area contributed by atoms with E-state index in [4.69, 9.17) is 4.74 Å². The number of amides is 3. The van der Waals surface area contributed by atoms with Gasteiger partial charge in [0.25, 0.3) is 5.91 Å². The van der Waals surface area contributed by atoms with Crippen molar-refractivity contribution in [1.29, 1.82) is 0 Å². The monoisotopic (exact) mass is 402 g/mol. The number of ether oxygens (including phenoxy) is 1. The highest BCUT2D eigenvalue weighted by molar-refractivity contribution is 5.97. The molecule has 1 aliphatic carbocycles. The van der Waals surface area contributed by atoms with E-state index in [9.17, 15) is 14.4 Å². The Morgan fingerprint density at radius 2 is 1.76 bits per heavy atom. The molecule has 0 aliphatic heterocycles. The Bertz CT molecular complexity index is 710. The highest BCUT2D eigenvalue weighted by atomic mass is 16.5. The SMILES string of the molecule is CC(C)NC(=O)CC(=O)N/N=C/c1ccc(OCC(=O)NC2CCCCC2)cc1. The molecule has 8 heteroatoms. The third-order valence-electron chi connectivity index (χ3n) is 4.39. The zero-order valence-electron chi connectivity index (χ0n) is 17.1. The Kier molecular flexibility index (Phi) is 9.14. The maximum absolute atomic E-state index is 12.0. The lowest BCUT2D eigenvalue weighted by Crippen LogP contribution is -2.38. The second-order valence-electron chi connectivity index (χ2n) is 7.45. The summed E-state index contributed by atoms with van der Waals surface area (Å²) in [6, 6.07) is 7.23. The number of benzene rings is 1. The molecular weight excluding hydrogens is 372 g/mol. The molecule has 1 aliphatic rings. The van der Waals surface area contributed by atoms with Crippen molar-refractivity contribution in [2.45, 2.75) is 64.5 Å². The van der Waals surface area contributed by atoms with Crippen LogP contribution >= 0.6 is 0 Å². The van der Waals surface area contributed by atoms with Gasteiger partial charge in [-0.3, -0.25) is 14.4 Å². The zero-order chi connectivity index (χ0) is 21.1. The summed E-state index contributed by atoms with van der Waals surface area (Å²) in [4.78, 5) is 35.1. The van der Waals surface area contributed by atoms with Gasteiger partial charge in [-0.1, -0.05) is 19.3 Å². The maximum atomic E-state index is 12.0.